The zero-order chi connectivity index (χ0) is 18.8. The van der Waals surface area contributed by atoms with Crippen molar-refractivity contribution in [3.8, 4) is 0 Å². The van der Waals surface area contributed by atoms with Crippen LogP contribution in [0.3, 0.4) is 0 Å². The Morgan fingerprint density at radius 2 is 1.77 bits per heavy atom. The number of ether oxygens (including phenoxy) is 3. The van der Waals surface area contributed by atoms with Gasteiger partial charge in [-0.3, -0.25) is 0 Å². The van der Waals surface area contributed by atoms with E-state index in [9.17, 15) is 0 Å². The molecular weight excluding hydrogens is 360 g/mol. The predicted octanol–water partition coefficient (Wildman–Crippen LogP) is 0.687. The number of aromatic nitrogens is 3. The van der Waals surface area contributed by atoms with Crippen LogP contribution in [0.5, 0.6) is 0 Å². The van der Waals surface area contributed by atoms with Gasteiger partial charge in [-0.05, 0) is 19.9 Å². The monoisotopic (exact) mass is 388 g/mol. The molecule has 0 aromatic carbocycles. The standard InChI is InChI=1S/C16H29ClN6O3/c1-22(7-8-25-11-12-26-10-9-24-2)13-3-5-23(6-4-13)16-19-15(18)14(17)20-21-16/h13H,3-12H2,1-2H3,(H2,18,19,21). The van der Waals surface area contributed by atoms with E-state index in [0.717, 1.165) is 32.5 Å². The lowest BCUT2D eigenvalue weighted by Gasteiger charge is -2.36. The number of hydrogen-bond donors (Lipinski definition) is 1. The van der Waals surface area contributed by atoms with Crippen LogP contribution >= 0.6 is 11.6 Å². The van der Waals surface area contributed by atoms with E-state index < -0.39 is 0 Å². The lowest BCUT2D eigenvalue weighted by Crippen LogP contribution is -2.45. The summed E-state index contributed by atoms with van der Waals surface area (Å²) in [5, 5.41) is 8.01. The van der Waals surface area contributed by atoms with Crippen molar-refractivity contribution in [3.05, 3.63) is 5.15 Å². The quantitative estimate of drug-likeness (QED) is 0.548. The van der Waals surface area contributed by atoms with Crippen LogP contribution in [-0.4, -0.2) is 92.9 Å². The number of likely N-dealkylation sites (N-methyl/N-ethyl adjacent to an activating group) is 1. The number of hydrogen-bond acceptors (Lipinski definition) is 9. The minimum atomic E-state index is 0.146. The minimum absolute atomic E-state index is 0.146. The fraction of sp³-hybridized carbons (Fsp3) is 0.812. The fourth-order valence-corrected chi connectivity index (χ4v) is 2.89. The van der Waals surface area contributed by atoms with E-state index >= 15 is 0 Å². The van der Waals surface area contributed by atoms with Gasteiger partial charge in [-0.2, -0.15) is 4.98 Å². The largest absolute Gasteiger partial charge is 0.382 e. The molecular formula is C16H29ClN6O3. The predicted molar refractivity (Wildman–Crippen MR) is 101 cm³/mol. The third kappa shape index (κ3) is 6.81. The van der Waals surface area contributed by atoms with Crippen LogP contribution < -0.4 is 10.6 Å². The van der Waals surface area contributed by atoms with Crippen molar-refractivity contribution in [3.63, 3.8) is 0 Å². The maximum Gasteiger partial charge on any atom is 0.247 e. The molecule has 9 nitrogen and oxygen atoms in total. The summed E-state index contributed by atoms with van der Waals surface area (Å²) in [5.41, 5.74) is 5.71. The number of anilines is 2. The summed E-state index contributed by atoms with van der Waals surface area (Å²) in [5.74, 6) is 0.768. The molecule has 0 radical (unpaired) electrons. The first-order valence-electron chi connectivity index (χ1n) is 8.87. The van der Waals surface area contributed by atoms with Gasteiger partial charge in [0, 0.05) is 32.8 Å². The molecule has 2 rings (SSSR count). The number of nitrogens with two attached hydrogens (primary N) is 1. The molecule has 0 bridgehead atoms. The summed E-state index contributed by atoms with van der Waals surface area (Å²) in [6, 6.07) is 0.519. The fourth-order valence-electron chi connectivity index (χ4n) is 2.81. The Morgan fingerprint density at radius 3 is 2.42 bits per heavy atom. The van der Waals surface area contributed by atoms with E-state index in [1.165, 1.54) is 0 Å². The van der Waals surface area contributed by atoms with Crippen molar-refractivity contribution >= 4 is 23.4 Å². The number of methoxy groups -OCH3 is 1. The van der Waals surface area contributed by atoms with Gasteiger partial charge in [0.05, 0.1) is 33.0 Å². The van der Waals surface area contributed by atoms with Gasteiger partial charge in [0.2, 0.25) is 5.95 Å². The van der Waals surface area contributed by atoms with E-state index in [4.69, 9.17) is 31.5 Å². The third-order valence-electron chi connectivity index (χ3n) is 4.42. The first-order valence-corrected chi connectivity index (χ1v) is 9.25. The van der Waals surface area contributed by atoms with Crippen LogP contribution in [0, 0.1) is 0 Å². The molecule has 10 heteroatoms. The Morgan fingerprint density at radius 1 is 1.12 bits per heavy atom. The van der Waals surface area contributed by atoms with Crippen molar-refractivity contribution < 1.29 is 14.2 Å². The zero-order valence-electron chi connectivity index (χ0n) is 15.6. The Hall–Kier alpha value is -1.26. The highest BCUT2D eigenvalue weighted by atomic mass is 35.5. The number of nitrogen functional groups attached to an aromatic ring is 1. The summed E-state index contributed by atoms with van der Waals surface area (Å²) >= 11 is 5.78. The van der Waals surface area contributed by atoms with Crippen molar-refractivity contribution in [2.45, 2.75) is 18.9 Å². The van der Waals surface area contributed by atoms with Crippen molar-refractivity contribution in [2.24, 2.45) is 0 Å². The van der Waals surface area contributed by atoms with Gasteiger partial charge in [-0.1, -0.05) is 11.6 Å². The van der Waals surface area contributed by atoms with Crippen LogP contribution in [0.25, 0.3) is 0 Å². The number of halogens is 1. The first kappa shape index (κ1) is 21.0. The summed E-state index contributed by atoms with van der Waals surface area (Å²) < 4.78 is 15.9. The molecule has 148 valence electrons. The second-order valence-corrected chi connectivity index (χ2v) is 6.56. The molecule has 2 heterocycles. The zero-order valence-corrected chi connectivity index (χ0v) is 16.3. The van der Waals surface area contributed by atoms with E-state index in [0.29, 0.717) is 45.0 Å². The molecule has 0 unspecified atom stereocenters. The Kier molecular flexibility index (Phi) is 9.27. The molecule has 0 atom stereocenters. The molecule has 1 aliphatic heterocycles. The lowest BCUT2D eigenvalue weighted by molar-refractivity contribution is 0.0179. The van der Waals surface area contributed by atoms with Crippen molar-refractivity contribution in [2.75, 3.05) is 77.5 Å². The van der Waals surface area contributed by atoms with Gasteiger partial charge in [0.1, 0.15) is 0 Å². The Labute approximate surface area is 159 Å². The maximum absolute atomic E-state index is 5.78. The van der Waals surface area contributed by atoms with Crippen LogP contribution in [0.2, 0.25) is 5.15 Å². The first-order chi connectivity index (χ1) is 12.6. The average molecular weight is 389 g/mol. The summed E-state index contributed by atoms with van der Waals surface area (Å²) in [4.78, 5) is 8.65. The second kappa shape index (κ2) is 11.5. The van der Waals surface area contributed by atoms with Crippen LogP contribution in [-0.2, 0) is 14.2 Å². The molecule has 1 aliphatic rings. The molecule has 1 saturated heterocycles. The molecule has 26 heavy (non-hydrogen) atoms. The van der Waals surface area contributed by atoms with E-state index in [1.54, 1.807) is 7.11 Å². The number of piperidine rings is 1. The van der Waals surface area contributed by atoms with Gasteiger partial charge in [0.25, 0.3) is 0 Å². The third-order valence-corrected chi connectivity index (χ3v) is 4.69. The maximum atomic E-state index is 5.78. The Bertz CT molecular complexity index is 531. The van der Waals surface area contributed by atoms with E-state index in [-0.39, 0.29) is 11.0 Å². The highest BCUT2D eigenvalue weighted by Gasteiger charge is 2.24. The molecule has 2 N–H and O–H groups in total. The normalized spacial score (nSPS) is 15.8. The molecule has 0 amide bonds. The molecule has 1 aromatic rings. The van der Waals surface area contributed by atoms with E-state index in [1.807, 2.05) is 0 Å². The second-order valence-electron chi connectivity index (χ2n) is 6.20. The van der Waals surface area contributed by atoms with Crippen molar-refractivity contribution in [1.82, 2.24) is 20.1 Å². The van der Waals surface area contributed by atoms with Gasteiger partial charge in [-0.15, -0.1) is 10.2 Å². The van der Waals surface area contributed by atoms with Crippen LogP contribution in [0.4, 0.5) is 11.8 Å². The lowest BCUT2D eigenvalue weighted by atomic mass is 10.0. The molecule has 0 saturated carbocycles. The van der Waals surface area contributed by atoms with Gasteiger partial charge in [0.15, 0.2) is 11.0 Å². The van der Waals surface area contributed by atoms with Gasteiger partial charge >= 0.3 is 0 Å². The highest BCUT2D eigenvalue weighted by Crippen LogP contribution is 2.21. The smallest absolute Gasteiger partial charge is 0.247 e. The molecule has 0 spiro atoms. The highest BCUT2D eigenvalue weighted by molar-refractivity contribution is 6.31. The number of rotatable bonds is 11. The van der Waals surface area contributed by atoms with Crippen LogP contribution in [0.1, 0.15) is 12.8 Å². The Balaban J connectivity index is 1.60. The minimum Gasteiger partial charge on any atom is -0.382 e. The number of nitrogens with zero attached hydrogens (tertiary/aromatic N) is 5. The average Bonchev–Trinajstić information content (AvgIpc) is 2.66. The van der Waals surface area contributed by atoms with Crippen LogP contribution in [0.15, 0.2) is 0 Å². The summed E-state index contributed by atoms with van der Waals surface area (Å²) in [6.45, 7) is 5.77. The van der Waals surface area contributed by atoms with Gasteiger partial charge < -0.3 is 29.7 Å². The van der Waals surface area contributed by atoms with E-state index in [2.05, 4.69) is 32.0 Å². The topological polar surface area (TPSA) is 98.9 Å². The van der Waals surface area contributed by atoms with Crippen molar-refractivity contribution in [1.29, 1.82) is 0 Å². The molecule has 1 fully saturated rings. The molecule has 0 aliphatic carbocycles. The van der Waals surface area contributed by atoms with Gasteiger partial charge in [-0.25, -0.2) is 0 Å². The molecule has 1 aromatic heterocycles. The summed E-state index contributed by atoms with van der Waals surface area (Å²) in [7, 11) is 3.80. The summed E-state index contributed by atoms with van der Waals surface area (Å²) in [6.07, 6.45) is 2.06. The SMILES string of the molecule is COCCOCCOCCN(C)C1CCN(c2nnc(Cl)c(N)n2)CC1.